The van der Waals surface area contributed by atoms with Gasteiger partial charge in [0.1, 0.15) is 5.82 Å². The van der Waals surface area contributed by atoms with Crippen LogP contribution in [0.25, 0.3) is 11.0 Å². The summed E-state index contributed by atoms with van der Waals surface area (Å²) in [4.78, 5) is 16.9. The molecule has 0 unspecified atom stereocenters. The Morgan fingerprint density at radius 2 is 1.85 bits per heavy atom. The van der Waals surface area contributed by atoms with Crippen molar-refractivity contribution in [3.05, 3.63) is 90.1 Å². The van der Waals surface area contributed by atoms with Gasteiger partial charge < -0.3 is 14.3 Å². The summed E-state index contributed by atoms with van der Waals surface area (Å²) in [7, 11) is 0. The van der Waals surface area contributed by atoms with E-state index in [-0.39, 0.29) is 11.9 Å². The maximum atomic E-state index is 12.2. The van der Waals surface area contributed by atoms with Gasteiger partial charge in [-0.2, -0.15) is 0 Å². The lowest BCUT2D eigenvalue weighted by atomic mass is 10.1. The average molecular weight is 345 g/mol. The molecule has 5 heteroatoms. The van der Waals surface area contributed by atoms with Crippen molar-refractivity contribution in [2.24, 2.45) is 0 Å². The molecule has 1 N–H and O–H groups in total. The van der Waals surface area contributed by atoms with Gasteiger partial charge in [-0.1, -0.05) is 42.5 Å². The normalized spacial score (nSPS) is 12.2. The number of carbonyl (C=O) groups excluding carboxylic acids is 1. The molecule has 2 heterocycles. The molecule has 0 aliphatic rings. The zero-order chi connectivity index (χ0) is 17.9. The summed E-state index contributed by atoms with van der Waals surface area (Å²) in [6.45, 7) is 2.46. The maximum Gasteiger partial charge on any atom is 0.287 e. The van der Waals surface area contributed by atoms with Crippen molar-refractivity contribution in [3.8, 4) is 0 Å². The third-order valence-electron chi connectivity index (χ3n) is 4.49. The van der Waals surface area contributed by atoms with Gasteiger partial charge in [0.05, 0.1) is 29.9 Å². The van der Waals surface area contributed by atoms with Gasteiger partial charge in [0.2, 0.25) is 0 Å². The van der Waals surface area contributed by atoms with Crippen LogP contribution in [-0.4, -0.2) is 15.5 Å². The van der Waals surface area contributed by atoms with E-state index in [9.17, 15) is 4.79 Å². The molecule has 0 fully saturated rings. The molecule has 0 aliphatic heterocycles. The maximum absolute atomic E-state index is 12.2. The first-order chi connectivity index (χ1) is 12.7. The van der Waals surface area contributed by atoms with Gasteiger partial charge >= 0.3 is 0 Å². The van der Waals surface area contributed by atoms with Crippen LogP contribution in [0.3, 0.4) is 0 Å². The van der Waals surface area contributed by atoms with E-state index in [1.165, 1.54) is 11.8 Å². The first-order valence-corrected chi connectivity index (χ1v) is 8.56. The fourth-order valence-corrected chi connectivity index (χ4v) is 3.19. The van der Waals surface area contributed by atoms with E-state index in [1.54, 1.807) is 12.1 Å². The van der Waals surface area contributed by atoms with Crippen molar-refractivity contribution < 1.29 is 9.21 Å². The molecule has 130 valence electrons. The number of carbonyl (C=O) groups is 1. The van der Waals surface area contributed by atoms with Crippen LogP contribution >= 0.6 is 0 Å². The number of amides is 1. The van der Waals surface area contributed by atoms with Gasteiger partial charge in [0.15, 0.2) is 5.76 Å². The number of rotatable bonds is 5. The molecular formula is C21H19N3O2. The number of benzene rings is 2. The van der Waals surface area contributed by atoms with Crippen LogP contribution in [-0.2, 0) is 6.54 Å². The van der Waals surface area contributed by atoms with Crippen LogP contribution in [0.5, 0.6) is 0 Å². The van der Waals surface area contributed by atoms with Crippen LogP contribution in [0.15, 0.2) is 77.4 Å². The van der Waals surface area contributed by atoms with Gasteiger partial charge in [-0.15, -0.1) is 0 Å². The first-order valence-electron chi connectivity index (χ1n) is 8.56. The topological polar surface area (TPSA) is 60.1 Å². The molecule has 2 aromatic heterocycles. The van der Waals surface area contributed by atoms with E-state index in [0.717, 1.165) is 16.9 Å². The Balaban J connectivity index is 1.69. The third-order valence-corrected chi connectivity index (χ3v) is 4.49. The molecule has 0 spiro atoms. The second-order valence-corrected chi connectivity index (χ2v) is 6.13. The fraction of sp³-hybridized carbons (Fsp3) is 0.143. The summed E-state index contributed by atoms with van der Waals surface area (Å²) in [6.07, 6.45) is 1.49. The van der Waals surface area contributed by atoms with E-state index in [2.05, 4.69) is 35.0 Å². The Kier molecular flexibility index (Phi) is 4.27. The highest BCUT2D eigenvalue weighted by atomic mass is 16.3. The van der Waals surface area contributed by atoms with Gasteiger partial charge in [-0.05, 0) is 36.8 Å². The van der Waals surface area contributed by atoms with Gasteiger partial charge in [-0.25, -0.2) is 4.98 Å². The van der Waals surface area contributed by atoms with Crippen molar-refractivity contribution >= 4 is 16.9 Å². The highest BCUT2D eigenvalue weighted by Gasteiger charge is 2.18. The number of hydrogen-bond donors (Lipinski definition) is 1. The van der Waals surface area contributed by atoms with E-state index in [0.29, 0.717) is 12.3 Å². The number of para-hydroxylation sites is 2. The SMILES string of the molecule is C[C@H](c1ccccc1)n1c(CNC(=O)c2ccco2)nc2ccccc21. The molecule has 4 aromatic rings. The summed E-state index contributed by atoms with van der Waals surface area (Å²) in [5.41, 5.74) is 3.15. The van der Waals surface area contributed by atoms with Crippen LogP contribution in [0.1, 0.15) is 34.9 Å². The Labute approximate surface area is 151 Å². The van der Waals surface area contributed by atoms with Gasteiger partial charge in [-0.3, -0.25) is 4.79 Å². The van der Waals surface area contributed by atoms with Crippen LogP contribution in [0.2, 0.25) is 0 Å². The summed E-state index contributed by atoms with van der Waals surface area (Å²) in [5, 5.41) is 2.89. The van der Waals surface area contributed by atoms with E-state index < -0.39 is 0 Å². The second-order valence-electron chi connectivity index (χ2n) is 6.13. The molecule has 0 aliphatic carbocycles. The lowest BCUT2D eigenvalue weighted by Crippen LogP contribution is -2.25. The molecule has 0 saturated heterocycles. The lowest BCUT2D eigenvalue weighted by Gasteiger charge is -2.18. The molecular weight excluding hydrogens is 326 g/mol. The van der Waals surface area contributed by atoms with Gasteiger partial charge in [0.25, 0.3) is 5.91 Å². The summed E-state index contributed by atoms with van der Waals surface area (Å²) < 4.78 is 7.32. The lowest BCUT2D eigenvalue weighted by molar-refractivity contribution is 0.0921. The minimum Gasteiger partial charge on any atom is -0.459 e. The quantitative estimate of drug-likeness (QED) is 0.590. The van der Waals surface area contributed by atoms with Crippen molar-refractivity contribution in [2.45, 2.75) is 19.5 Å². The molecule has 0 radical (unpaired) electrons. The predicted octanol–water partition coefficient (Wildman–Crippen LogP) is 4.17. The second kappa shape index (κ2) is 6.88. The third kappa shape index (κ3) is 2.99. The highest BCUT2D eigenvalue weighted by molar-refractivity contribution is 5.91. The number of nitrogens with zero attached hydrogens (tertiary/aromatic N) is 2. The molecule has 0 saturated carbocycles. The monoisotopic (exact) mass is 345 g/mol. The average Bonchev–Trinajstić information content (AvgIpc) is 3.34. The standard InChI is InChI=1S/C21H19N3O2/c1-15(16-8-3-2-4-9-16)24-18-11-6-5-10-17(18)23-20(24)14-22-21(25)19-12-7-13-26-19/h2-13,15H,14H2,1H3,(H,22,25)/t15-/m1/s1. The van der Waals surface area contributed by atoms with Crippen LogP contribution in [0.4, 0.5) is 0 Å². The highest BCUT2D eigenvalue weighted by Crippen LogP contribution is 2.26. The number of imidazole rings is 1. The Morgan fingerprint density at radius 1 is 1.08 bits per heavy atom. The predicted molar refractivity (Wildman–Crippen MR) is 99.9 cm³/mol. The van der Waals surface area contributed by atoms with Crippen molar-refractivity contribution in [2.75, 3.05) is 0 Å². The van der Waals surface area contributed by atoms with Crippen LogP contribution in [0, 0.1) is 0 Å². The van der Waals surface area contributed by atoms with Gasteiger partial charge in [0, 0.05) is 0 Å². The number of furan rings is 1. The summed E-state index contributed by atoms with van der Waals surface area (Å²) in [6, 6.07) is 21.7. The molecule has 2 aromatic carbocycles. The molecule has 0 bridgehead atoms. The smallest absolute Gasteiger partial charge is 0.287 e. The number of fused-ring (bicyclic) bond motifs is 1. The minimum absolute atomic E-state index is 0.0964. The zero-order valence-corrected chi connectivity index (χ0v) is 14.4. The number of nitrogens with one attached hydrogen (secondary N) is 1. The van der Waals surface area contributed by atoms with Crippen molar-refractivity contribution in [1.82, 2.24) is 14.9 Å². The number of hydrogen-bond acceptors (Lipinski definition) is 3. The summed E-state index contributed by atoms with van der Waals surface area (Å²) >= 11 is 0. The first kappa shape index (κ1) is 16.1. The van der Waals surface area contributed by atoms with Crippen LogP contribution < -0.4 is 5.32 Å². The molecule has 1 atom stereocenters. The van der Waals surface area contributed by atoms with Crippen molar-refractivity contribution in [3.63, 3.8) is 0 Å². The fourth-order valence-electron chi connectivity index (χ4n) is 3.19. The summed E-state index contributed by atoms with van der Waals surface area (Å²) in [5.74, 6) is 0.854. The Bertz CT molecular complexity index is 1020. The molecule has 1 amide bonds. The Hall–Kier alpha value is -3.34. The zero-order valence-electron chi connectivity index (χ0n) is 14.4. The van der Waals surface area contributed by atoms with E-state index >= 15 is 0 Å². The van der Waals surface area contributed by atoms with E-state index in [4.69, 9.17) is 9.40 Å². The number of aromatic nitrogens is 2. The van der Waals surface area contributed by atoms with E-state index in [1.807, 2.05) is 36.4 Å². The Morgan fingerprint density at radius 3 is 2.62 bits per heavy atom. The minimum atomic E-state index is -0.249. The molecule has 5 nitrogen and oxygen atoms in total. The largest absolute Gasteiger partial charge is 0.459 e. The van der Waals surface area contributed by atoms with Crippen molar-refractivity contribution in [1.29, 1.82) is 0 Å². The molecule has 26 heavy (non-hydrogen) atoms. The molecule has 4 rings (SSSR count).